The number of amidine groups is 1. The molecule has 1 heterocycles. The van der Waals surface area contributed by atoms with Crippen LogP contribution in [0.4, 0.5) is 0 Å². The number of rotatable bonds is 6. The van der Waals surface area contributed by atoms with Gasteiger partial charge in [0.1, 0.15) is 5.75 Å². The Morgan fingerprint density at radius 3 is 2.64 bits per heavy atom. The molecule has 0 fully saturated rings. The van der Waals surface area contributed by atoms with E-state index in [1.165, 1.54) is 16.8 Å². The first-order valence-electron chi connectivity index (χ1n) is 7.84. The number of halogens is 3. The van der Waals surface area contributed by atoms with Gasteiger partial charge in [0.25, 0.3) is 0 Å². The van der Waals surface area contributed by atoms with Crippen molar-refractivity contribution >= 4 is 50.9 Å². The smallest absolute Gasteiger partial charge is 0.385 e. The molecule has 2 N–H and O–H groups in total. The summed E-state index contributed by atoms with van der Waals surface area (Å²) in [6.45, 7) is 0.126. The number of carbonyl (C=O) groups excluding carboxylic acids is 1. The van der Waals surface area contributed by atoms with Crippen LogP contribution in [0.5, 0.6) is 5.75 Å². The maximum atomic E-state index is 12.1. The van der Waals surface area contributed by atoms with Gasteiger partial charge in [-0.05, 0) is 48.5 Å². The Morgan fingerprint density at radius 1 is 1.18 bits per heavy atom. The van der Waals surface area contributed by atoms with E-state index >= 15 is 0 Å². The average molecular weight is 484 g/mol. The Balaban J connectivity index is 1.59. The van der Waals surface area contributed by atoms with Crippen LogP contribution in [0.3, 0.4) is 0 Å². The Bertz CT molecular complexity index is 1020. The van der Waals surface area contributed by atoms with Crippen molar-refractivity contribution in [3.8, 4) is 5.75 Å². The highest BCUT2D eigenvalue weighted by molar-refractivity contribution is 9.10. The summed E-state index contributed by atoms with van der Waals surface area (Å²) < 4.78 is 7.97. The molecule has 2 aromatic carbocycles. The number of carbonyl (C=O) groups is 1. The van der Waals surface area contributed by atoms with Crippen molar-refractivity contribution in [1.82, 2.24) is 9.78 Å². The van der Waals surface area contributed by atoms with E-state index in [0.29, 0.717) is 21.4 Å². The molecule has 0 atom stereocenters. The molecule has 0 unspecified atom stereocenters. The predicted octanol–water partition coefficient (Wildman–Crippen LogP) is 4.47. The van der Waals surface area contributed by atoms with Crippen LogP contribution in [-0.4, -0.2) is 21.6 Å². The lowest BCUT2D eigenvalue weighted by Gasteiger charge is -2.06. The van der Waals surface area contributed by atoms with Crippen molar-refractivity contribution in [3.05, 3.63) is 80.5 Å². The molecule has 0 aliphatic heterocycles. The molecule has 0 saturated carbocycles. The summed E-state index contributed by atoms with van der Waals surface area (Å²) >= 11 is 15.2. The lowest BCUT2D eigenvalue weighted by atomic mass is 10.2. The number of nitrogens with two attached hydrogens (primary N) is 1. The molecule has 3 rings (SSSR count). The standard InChI is InChI=1S/C18H13BrCl2N4O3/c19-11-1-4-13(5-2-11)27-10-25-8-7-16(23-25)18(26)28-24-17(22)14-6-3-12(20)9-15(14)21/h1-9H,10H2,(H2,22,24). The van der Waals surface area contributed by atoms with Crippen LogP contribution >= 0.6 is 39.1 Å². The topological polar surface area (TPSA) is 91.7 Å². The highest BCUT2D eigenvalue weighted by atomic mass is 79.9. The van der Waals surface area contributed by atoms with Crippen LogP contribution in [0, 0.1) is 0 Å². The van der Waals surface area contributed by atoms with E-state index in [-0.39, 0.29) is 18.3 Å². The molecule has 0 radical (unpaired) electrons. The maximum absolute atomic E-state index is 12.1. The Labute approximate surface area is 178 Å². The van der Waals surface area contributed by atoms with Crippen LogP contribution in [0.25, 0.3) is 0 Å². The van der Waals surface area contributed by atoms with Gasteiger partial charge in [0.2, 0.25) is 0 Å². The van der Waals surface area contributed by atoms with Gasteiger partial charge in [0.15, 0.2) is 18.3 Å². The fourth-order valence-electron chi connectivity index (χ4n) is 2.10. The normalized spacial score (nSPS) is 11.3. The van der Waals surface area contributed by atoms with E-state index in [1.807, 2.05) is 24.3 Å². The molecule has 144 valence electrons. The second kappa shape index (κ2) is 9.09. The van der Waals surface area contributed by atoms with Gasteiger partial charge < -0.3 is 15.3 Å². The monoisotopic (exact) mass is 482 g/mol. The van der Waals surface area contributed by atoms with Crippen LogP contribution in [-0.2, 0) is 11.6 Å². The number of ether oxygens (including phenoxy) is 1. The minimum Gasteiger partial charge on any atom is -0.471 e. The minimum atomic E-state index is -0.768. The van der Waals surface area contributed by atoms with Crippen molar-refractivity contribution in [2.45, 2.75) is 6.73 Å². The van der Waals surface area contributed by atoms with Crippen LogP contribution in [0.2, 0.25) is 10.0 Å². The molecule has 0 amide bonds. The van der Waals surface area contributed by atoms with E-state index in [4.69, 9.17) is 38.5 Å². The second-order valence-electron chi connectivity index (χ2n) is 5.45. The summed E-state index contributed by atoms with van der Waals surface area (Å²) in [5.41, 5.74) is 6.25. The van der Waals surface area contributed by atoms with Gasteiger partial charge in [0, 0.05) is 21.3 Å². The highest BCUT2D eigenvalue weighted by Crippen LogP contribution is 2.21. The number of aromatic nitrogens is 2. The van der Waals surface area contributed by atoms with Gasteiger partial charge in [-0.2, -0.15) is 5.10 Å². The summed E-state index contributed by atoms with van der Waals surface area (Å²) in [5, 5.41) is 8.43. The first-order valence-corrected chi connectivity index (χ1v) is 9.39. The Kier molecular flexibility index (Phi) is 6.56. The van der Waals surface area contributed by atoms with E-state index in [2.05, 4.69) is 26.2 Å². The SMILES string of the molecule is N/C(=N\OC(=O)c1ccn(COc2ccc(Br)cc2)n1)c1ccc(Cl)cc1Cl. The van der Waals surface area contributed by atoms with Crippen molar-refractivity contribution in [3.63, 3.8) is 0 Å². The summed E-state index contributed by atoms with van der Waals surface area (Å²) in [4.78, 5) is 16.9. The zero-order chi connectivity index (χ0) is 20.1. The van der Waals surface area contributed by atoms with Crippen molar-refractivity contribution in [1.29, 1.82) is 0 Å². The second-order valence-corrected chi connectivity index (χ2v) is 7.21. The summed E-state index contributed by atoms with van der Waals surface area (Å²) in [6.07, 6.45) is 1.58. The van der Waals surface area contributed by atoms with E-state index in [9.17, 15) is 4.79 Å². The molecule has 7 nitrogen and oxygen atoms in total. The van der Waals surface area contributed by atoms with Gasteiger partial charge in [-0.1, -0.05) is 44.3 Å². The van der Waals surface area contributed by atoms with Crippen LogP contribution in [0.1, 0.15) is 16.1 Å². The largest absolute Gasteiger partial charge is 0.471 e. The third-order valence-corrected chi connectivity index (χ3v) is 4.54. The van der Waals surface area contributed by atoms with Gasteiger partial charge >= 0.3 is 5.97 Å². The first-order chi connectivity index (χ1) is 13.4. The first kappa shape index (κ1) is 20.2. The van der Waals surface area contributed by atoms with E-state index in [0.717, 1.165) is 4.47 Å². The van der Waals surface area contributed by atoms with Gasteiger partial charge in [-0.25, -0.2) is 9.48 Å². The average Bonchev–Trinajstić information content (AvgIpc) is 3.14. The molecular formula is C18H13BrCl2N4O3. The molecule has 3 aromatic rings. The van der Waals surface area contributed by atoms with Crippen LogP contribution in [0.15, 0.2) is 64.4 Å². The number of oxime groups is 1. The summed E-state index contributed by atoms with van der Waals surface area (Å²) in [7, 11) is 0. The van der Waals surface area contributed by atoms with Crippen molar-refractivity contribution in [2.24, 2.45) is 10.9 Å². The molecule has 1 aromatic heterocycles. The van der Waals surface area contributed by atoms with E-state index in [1.54, 1.807) is 18.3 Å². The van der Waals surface area contributed by atoms with Gasteiger partial charge in [0.05, 0.1) is 5.02 Å². The molecule has 0 aliphatic rings. The summed E-state index contributed by atoms with van der Waals surface area (Å²) in [5.74, 6) is -0.163. The number of nitrogens with zero attached hydrogens (tertiary/aromatic N) is 3. The van der Waals surface area contributed by atoms with E-state index < -0.39 is 5.97 Å². The molecule has 0 saturated heterocycles. The van der Waals surface area contributed by atoms with Crippen LogP contribution < -0.4 is 10.5 Å². The molecular weight excluding hydrogens is 471 g/mol. The maximum Gasteiger partial charge on any atom is 0.385 e. The highest BCUT2D eigenvalue weighted by Gasteiger charge is 2.13. The van der Waals surface area contributed by atoms with Gasteiger partial charge in [-0.15, -0.1) is 0 Å². The van der Waals surface area contributed by atoms with Gasteiger partial charge in [-0.3, -0.25) is 0 Å². The third kappa shape index (κ3) is 5.25. The number of benzene rings is 2. The molecule has 10 heteroatoms. The van der Waals surface area contributed by atoms with Crippen molar-refractivity contribution < 1.29 is 14.4 Å². The zero-order valence-electron chi connectivity index (χ0n) is 14.2. The van der Waals surface area contributed by atoms with Crippen molar-refractivity contribution in [2.75, 3.05) is 0 Å². The quantitative estimate of drug-likeness (QED) is 0.242. The lowest BCUT2D eigenvalue weighted by Crippen LogP contribution is -2.16. The Hall–Kier alpha value is -2.55. The molecule has 28 heavy (non-hydrogen) atoms. The summed E-state index contributed by atoms with van der Waals surface area (Å²) in [6, 6.07) is 13.5. The molecule has 0 bridgehead atoms. The Morgan fingerprint density at radius 2 is 1.93 bits per heavy atom. The number of hydrogen-bond acceptors (Lipinski definition) is 5. The molecule has 0 aliphatic carbocycles. The predicted molar refractivity (Wildman–Crippen MR) is 110 cm³/mol. The minimum absolute atomic E-state index is 0.0539. The fourth-order valence-corrected chi connectivity index (χ4v) is 2.87. The molecule has 0 spiro atoms. The fraction of sp³-hybridized carbons (Fsp3) is 0.0556. The lowest BCUT2D eigenvalue weighted by molar-refractivity contribution is 0.0507. The zero-order valence-corrected chi connectivity index (χ0v) is 17.3. The number of hydrogen-bond donors (Lipinski definition) is 1. The third-order valence-electron chi connectivity index (χ3n) is 3.46.